The Balaban J connectivity index is 1.70. The summed E-state index contributed by atoms with van der Waals surface area (Å²) in [4.78, 5) is 11.9. The van der Waals surface area contributed by atoms with Crippen molar-refractivity contribution in [2.45, 2.75) is 50.7 Å². The molecule has 0 spiro atoms. The monoisotopic (exact) mass is 226 g/mol. The molecule has 0 atom stereocenters. The van der Waals surface area contributed by atoms with Crippen molar-refractivity contribution in [3.05, 3.63) is 0 Å². The summed E-state index contributed by atoms with van der Waals surface area (Å²) < 4.78 is 0. The van der Waals surface area contributed by atoms with E-state index in [0.29, 0.717) is 5.92 Å². The van der Waals surface area contributed by atoms with Gasteiger partial charge in [0.25, 0.3) is 0 Å². The summed E-state index contributed by atoms with van der Waals surface area (Å²) in [6.07, 6.45) is 5.38. The van der Waals surface area contributed by atoms with Gasteiger partial charge in [0.05, 0.1) is 6.10 Å². The Morgan fingerprint density at radius 1 is 1.25 bits per heavy atom. The number of rotatable bonds is 3. The van der Waals surface area contributed by atoms with Crippen LogP contribution in [-0.4, -0.2) is 29.7 Å². The Hall–Kier alpha value is -0.610. The third kappa shape index (κ3) is 2.74. The van der Waals surface area contributed by atoms with E-state index in [1.165, 1.54) is 0 Å². The largest absolute Gasteiger partial charge is 0.393 e. The topological polar surface area (TPSA) is 75.4 Å². The molecule has 2 rings (SSSR count). The lowest BCUT2D eigenvalue weighted by atomic mass is 9.81. The summed E-state index contributed by atoms with van der Waals surface area (Å²) in [7, 11) is 0. The first kappa shape index (κ1) is 11.9. The second kappa shape index (κ2) is 5.15. The molecule has 4 N–H and O–H groups in total. The second-order valence-corrected chi connectivity index (χ2v) is 5.28. The minimum absolute atomic E-state index is 0.181. The van der Waals surface area contributed by atoms with Crippen molar-refractivity contribution in [3.8, 4) is 0 Å². The van der Waals surface area contributed by atoms with Crippen molar-refractivity contribution in [2.24, 2.45) is 17.6 Å². The fourth-order valence-electron chi connectivity index (χ4n) is 2.69. The third-order valence-corrected chi connectivity index (χ3v) is 4.01. The highest BCUT2D eigenvalue weighted by Crippen LogP contribution is 2.29. The van der Waals surface area contributed by atoms with Crippen molar-refractivity contribution in [1.82, 2.24) is 5.32 Å². The van der Waals surface area contributed by atoms with Crippen LogP contribution < -0.4 is 11.1 Å². The number of hydrogen-bond acceptors (Lipinski definition) is 3. The van der Waals surface area contributed by atoms with Crippen molar-refractivity contribution in [2.75, 3.05) is 6.54 Å². The Kier molecular flexibility index (Phi) is 3.82. The quantitative estimate of drug-likeness (QED) is 0.651. The summed E-state index contributed by atoms with van der Waals surface area (Å²) >= 11 is 0. The van der Waals surface area contributed by atoms with Gasteiger partial charge in [-0.3, -0.25) is 4.79 Å². The molecule has 0 heterocycles. The molecule has 0 unspecified atom stereocenters. The number of hydrogen-bond donors (Lipinski definition) is 3. The van der Waals surface area contributed by atoms with Gasteiger partial charge in [0.1, 0.15) is 0 Å². The highest BCUT2D eigenvalue weighted by atomic mass is 16.3. The molecule has 4 nitrogen and oxygen atoms in total. The van der Waals surface area contributed by atoms with E-state index in [-0.39, 0.29) is 24.0 Å². The average molecular weight is 226 g/mol. The summed E-state index contributed by atoms with van der Waals surface area (Å²) in [6.45, 7) is 0.753. The summed E-state index contributed by atoms with van der Waals surface area (Å²) in [5.41, 5.74) is 5.62. The Labute approximate surface area is 96.6 Å². The maximum atomic E-state index is 11.9. The van der Waals surface area contributed by atoms with E-state index in [4.69, 9.17) is 10.8 Å². The van der Waals surface area contributed by atoms with Gasteiger partial charge in [-0.1, -0.05) is 0 Å². The van der Waals surface area contributed by atoms with Crippen LogP contribution in [-0.2, 0) is 4.79 Å². The predicted octanol–water partition coefficient (Wildman–Crippen LogP) is 0.391. The summed E-state index contributed by atoms with van der Waals surface area (Å²) in [6, 6.07) is 0.217. The molecule has 0 radical (unpaired) electrons. The molecule has 0 aromatic heterocycles. The molecule has 0 aromatic carbocycles. The van der Waals surface area contributed by atoms with Crippen LogP contribution in [0, 0.1) is 11.8 Å². The Morgan fingerprint density at radius 2 is 1.88 bits per heavy atom. The number of nitrogens with one attached hydrogen (secondary N) is 1. The van der Waals surface area contributed by atoms with Crippen LogP contribution >= 0.6 is 0 Å². The zero-order chi connectivity index (χ0) is 11.5. The van der Waals surface area contributed by atoms with Crippen LogP contribution in [0.4, 0.5) is 0 Å². The molecular weight excluding hydrogens is 204 g/mol. The molecule has 16 heavy (non-hydrogen) atoms. The normalized spacial score (nSPS) is 38.9. The zero-order valence-electron chi connectivity index (χ0n) is 9.69. The predicted molar refractivity (Wildman–Crippen MR) is 61.7 cm³/mol. The lowest BCUT2D eigenvalue weighted by Crippen LogP contribution is -2.49. The van der Waals surface area contributed by atoms with Gasteiger partial charge in [-0.05, 0) is 51.0 Å². The van der Waals surface area contributed by atoms with Crippen molar-refractivity contribution < 1.29 is 9.90 Å². The second-order valence-electron chi connectivity index (χ2n) is 5.28. The highest BCUT2D eigenvalue weighted by molar-refractivity contribution is 5.79. The van der Waals surface area contributed by atoms with Gasteiger partial charge >= 0.3 is 0 Å². The minimum Gasteiger partial charge on any atom is -0.393 e. The fraction of sp³-hybridized carbons (Fsp3) is 0.917. The maximum Gasteiger partial charge on any atom is 0.223 e. The van der Waals surface area contributed by atoms with Crippen molar-refractivity contribution in [3.63, 3.8) is 0 Å². The number of carbonyl (C=O) groups is 1. The minimum atomic E-state index is -0.196. The molecule has 0 aromatic rings. The molecule has 4 heteroatoms. The van der Waals surface area contributed by atoms with Gasteiger partial charge in [0.15, 0.2) is 0 Å². The molecule has 0 aliphatic heterocycles. The number of aliphatic hydroxyl groups is 1. The van der Waals surface area contributed by atoms with Gasteiger partial charge in [0.2, 0.25) is 5.91 Å². The summed E-state index contributed by atoms with van der Waals surface area (Å²) in [5, 5.41) is 12.2. The van der Waals surface area contributed by atoms with Crippen LogP contribution in [0.25, 0.3) is 0 Å². The first-order chi connectivity index (χ1) is 7.69. The molecule has 1 amide bonds. The van der Waals surface area contributed by atoms with Crippen LogP contribution in [0.5, 0.6) is 0 Å². The SMILES string of the molecule is NCC1CCC(C(=O)NC2CC(O)C2)CC1. The Morgan fingerprint density at radius 3 is 2.38 bits per heavy atom. The van der Waals surface area contributed by atoms with Crippen LogP contribution in [0.15, 0.2) is 0 Å². The number of carbonyl (C=O) groups excluding carboxylic acids is 1. The van der Waals surface area contributed by atoms with Crippen LogP contribution in [0.3, 0.4) is 0 Å². The smallest absolute Gasteiger partial charge is 0.223 e. The molecule has 0 bridgehead atoms. The molecule has 2 saturated carbocycles. The van der Waals surface area contributed by atoms with Gasteiger partial charge in [-0.25, -0.2) is 0 Å². The molecule has 2 aliphatic carbocycles. The highest BCUT2D eigenvalue weighted by Gasteiger charge is 2.32. The number of amides is 1. The zero-order valence-corrected chi connectivity index (χ0v) is 9.69. The lowest BCUT2D eigenvalue weighted by molar-refractivity contribution is -0.128. The van der Waals surface area contributed by atoms with Gasteiger partial charge in [0, 0.05) is 12.0 Å². The van der Waals surface area contributed by atoms with Gasteiger partial charge in [-0.15, -0.1) is 0 Å². The van der Waals surface area contributed by atoms with E-state index in [9.17, 15) is 4.79 Å². The van der Waals surface area contributed by atoms with Gasteiger partial charge < -0.3 is 16.2 Å². The van der Waals surface area contributed by atoms with E-state index in [0.717, 1.165) is 45.1 Å². The van der Waals surface area contributed by atoms with Gasteiger partial charge in [-0.2, -0.15) is 0 Å². The number of aliphatic hydroxyl groups excluding tert-OH is 1. The van der Waals surface area contributed by atoms with E-state index >= 15 is 0 Å². The van der Waals surface area contributed by atoms with Crippen molar-refractivity contribution >= 4 is 5.91 Å². The lowest BCUT2D eigenvalue weighted by Gasteiger charge is -2.34. The molecule has 2 fully saturated rings. The standard InChI is InChI=1S/C12H22N2O2/c13-7-8-1-3-9(4-2-8)12(16)14-10-5-11(15)6-10/h8-11,15H,1-7,13H2,(H,14,16). The van der Waals surface area contributed by atoms with Crippen LogP contribution in [0.1, 0.15) is 38.5 Å². The van der Waals surface area contributed by atoms with E-state index < -0.39 is 0 Å². The average Bonchev–Trinajstić information content (AvgIpc) is 2.27. The molecular formula is C12H22N2O2. The first-order valence-corrected chi connectivity index (χ1v) is 6.37. The molecule has 2 aliphatic rings. The van der Waals surface area contributed by atoms with E-state index in [1.54, 1.807) is 0 Å². The van der Waals surface area contributed by atoms with E-state index in [2.05, 4.69) is 5.32 Å². The number of nitrogens with two attached hydrogens (primary N) is 1. The first-order valence-electron chi connectivity index (χ1n) is 6.37. The molecule has 0 saturated heterocycles. The third-order valence-electron chi connectivity index (χ3n) is 4.01. The molecule has 92 valence electrons. The fourth-order valence-corrected chi connectivity index (χ4v) is 2.69. The Bertz CT molecular complexity index is 243. The maximum absolute atomic E-state index is 11.9. The van der Waals surface area contributed by atoms with Crippen molar-refractivity contribution in [1.29, 1.82) is 0 Å². The summed E-state index contributed by atoms with van der Waals surface area (Å²) in [5.74, 6) is 0.988. The van der Waals surface area contributed by atoms with E-state index in [1.807, 2.05) is 0 Å². The van der Waals surface area contributed by atoms with Crippen LogP contribution in [0.2, 0.25) is 0 Å².